The van der Waals surface area contributed by atoms with Gasteiger partial charge in [-0.05, 0) is 55.7 Å². The van der Waals surface area contributed by atoms with Gasteiger partial charge >= 0.3 is 5.97 Å². The number of esters is 1. The van der Waals surface area contributed by atoms with Gasteiger partial charge in [-0.3, -0.25) is 4.79 Å². The summed E-state index contributed by atoms with van der Waals surface area (Å²) in [4.78, 5) is 24.5. The van der Waals surface area contributed by atoms with E-state index in [-0.39, 0.29) is 17.8 Å². The molecule has 0 bridgehead atoms. The topological polar surface area (TPSA) is 95.3 Å². The molecule has 180 valence electrons. The second kappa shape index (κ2) is 12.2. The van der Waals surface area contributed by atoms with Crippen molar-refractivity contribution in [3.8, 4) is 5.75 Å². The van der Waals surface area contributed by atoms with Crippen LogP contribution in [0.1, 0.15) is 55.0 Å². The van der Waals surface area contributed by atoms with E-state index < -0.39 is 5.97 Å². The van der Waals surface area contributed by atoms with Gasteiger partial charge in [-0.15, -0.1) is 10.2 Å². The zero-order chi connectivity index (χ0) is 24.5. The summed E-state index contributed by atoms with van der Waals surface area (Å²) in [7, 11) is 1.85. The molecule has 0 saturated heterocycles. The van der Waals surface area contributed by atoms with Gasteiger partial charge in [0.15, 0.2) is 17.1 Å². The van der Waals surface area contributed by atoms with Crippen LogP contribution in [0.4, 0.5) is 5.69 Å². The summed E-state index contributed by atoms with van der Waals surface area (Å²) in [6, 6.07) is 14.7. The third-order valence-corrected chi connectivity index (χ3v) is 6.05. The van der Waals surface area contributed by atoms with Crippen molar-refractivity contribution in [1.82, 2.24) is 14.8 Å². The maximum atomic E-state index is 12.5. The van der Waals surface area contributed by atoms with Crippen LogP contribution in [0.25, 0.3) is 0 Å². The molecule has 0 spiro atoms. The fourth-order valence-corrected chi connectivity index (χ4v) is 3.91. The molecule has 3 aromatic rings. The normalized spacial score (nSPS) is 11.6. The van der Waals surface area contributed by atoms with E-state index in [9.17, 15) is 9.59 Å². The molecule has 0 fully saturated rings. The number of nitrogens with zero attached hydrogens (tertiary/aromatic N) is 3. The van der Waals surface area contributed by atoms with E-state index in [1.54, 1.807) is 24.3 Å². The van der Waals surface area contributed by atoms with Gasteiger partial charge in [0.2, 0.25) is 5.91 Å². The van der Waals surface area contributed by atoms with Gasteiger partial charge in [0.05, 0.1) is 17.9 Å². The number of aryl methyl sites for hydroxylation is 1. The highest BCUT2D eigenvalue weighted by Crippen LogP contribution is 2.24. The van der Waals surface area contributed by atoms with Crippen molar-refractivity contribution in [3.63, 3.8) is 0 Å². The minimum absolute atomic E-state index is 0.143. The first-order valence-corrected chi connectivity index (χ1v) is 12.2. The molecule has 1 heterocycles. The van der Waals surface area contributed by atoms with Crippen LogP contribution < -0.4 is 10.1 Å². The van der Waals surface area contributed by atoms with Gasteiger partial charge in [-0.1, -0.05) is 43.8 Å². The van der Waals surface area contributed by atoms with Crippen molar-refractivity contribution in [2.24, 2.45) is 7.05 Å². The first kappa shape index (κ1) is 25.3. The highest BCUT2D eigenvalue weighted by Gasteiger charge is 2.18. The van der Waals surface area contributed by atoms with Crippen LogP contribution in [-0.4, -0.2) is 39.0 Å². The van der Waals surface area contributed by atoms with E-state index in [4.69, 9.17) is 9.47 Å². The number of amides is 1. The molecule has 34 heavy (non-hydrogen) atoms. The summed E-state index contributed by atoms with van der Waals surface area (Å²) in [5.41, 5.74) is 2.18. The molecule has 0 aliphatic carbocycles. The Hall–Kier alpha value is -3.33. The van der Waals surface area contributed by atoms with Crippen molar-refractivity contribution in [2.75, 3.05) is 17.7 Å². The van der Waals surface area contributed by atoms with Gasteiger partial charge in [0.25, 0.3) is 0 Å². The molecule has 0 aliphatic heterocycles. The Bertz CT molecular complexity index is 1110. The van der Waals surface area contributed by atoms with E-state index in [0.717, 1.165) is 18.6 Å². The van der Waals surface area contributed by atoms with Gasteiger partial charge in [0, 0.05) is 12.7 Å². The molecule has 2 aromatic carbocycles. The summed E-state index contributed by atoms with van der Waals surface area (Å²) in [5, 5.41) is 11.9. The molecule has 0 radical (unpaired) electrons. The lowest BCUT2D eigenvalue weighted by molar-refractivity contribution is -0.113. The Morgan fingerprint density at radius 1 is 1.12 bits per heavy atom. The second-order valence-electron chi connectivity index (χ2n) is 7.71. The van der Waals surface area contributed by atoms with Crippen LogP contribution in [0.2, 0.25) is 0 Å². The van der Waals surface area contributed by atoms with Gasteiger partial charge in [-0.2, -0.15) is 0 Å². The molecule has 0 aliphatic rings. The number of hydrogen-bond acceptors (Lipinski definition) is 7. The van der Waals surface area contributed by atoms with Crippen molar-refractivity contribution in [2.45, 2.75) is 44.9 Å². The predicted octanol–water partition coefficient (Wildman–Crippen LogP) is 4.82. The fourth-order valence-electron chi connectivity index (χ4n) is 3.20. The average Bonchev–Trinajstić information content (AvgIpc) is 3.22. The molecule has 0 saturated carbocycles. The molecule has 0 unspecified atom stereocenters. The number of carbonyl (C=O) groups is 2. The van der Waals surface area contributed by atoms with E-state index in [2.05, 4.69) is 22.4 Å². The van der Waals surface area contributed by atoms with Crippen LogP contribution in [0.3, 0.4) is 0 Å². The second-order valence-corrected chi connectivity index (χ2v) is 8.65. The molecule has 3 rings (SSSR count). The Morgan fingerprint density at radius 2 is 1.88 bits per heavy atom. The lowest BCUT2D eigenvalue weighted by Crippen LogP contribution is -2.15. The first-order valence-electron chi connectivity index (χ1n) is 11.3. The van der Waals surface area contributed by atoms with Crippen LogP contribution in [0.5, 0.6) is 5.75 Å². The van der Waals surface area contributed by atoms with Gasteiger partial charge in [0.1, 0.15) is 5.75 Å². The Kier molecular flexibility index (Phi) is 9.09. The number of nitrogens with one attached hydrogen (secondary N) is 1. The predicted molar refractivity (Wildman–Crippen MR) is 132 cm³/mol. The number of hydrogen-bond donors (Lipinski definition) is 1. The van der Waals surface area contributed by atoms with Crippen molar-refractivity contribution in [3.05, 3.63) is 65.5 Å². The Balaban J connectivity index is 1.54. The summed E-state index contributed by atoms with van der Waals surface area (Å²) < 4.78 is 13.0. The maximum absolute atomic E-state index is 12.5. The van der Waals surface area contributed by atoms with Crippen molar-refractivity contribution in [1.29, 1.82) is 0 Å². The maximum Gasteiger partial charge on any atom is 0.338 e. The zero-order valence-electron chi connectivity index (χ0n) is 19.9. The molecule has 1 atom stereocenters. The quantitative estimate of drug-likeness (QED) is 0.309. The summed E-state index contributed by atoms with van der Waals surface area (Å²) in [6.45, 7) is 6.32. The molecule has 1 aromatic heterocycles. The van der Waals surface area contributed by atoms with Crippen LogP contribution in [0.15, 0.2) is 53.7 Å². The SMILES string of the molecule is CCCOC(=O)c1cccc(NC(=O)CSc2nnc([C@@H](C)Oc3ccc(CC)cc3)n2C)c1. The van der Waals surface area contributed by atoms with Crippen LogP contribution in [0, 0.1) is 0 Å². The van der Waals surface area contributed by atoms with Crippen LogP contribution >= 0.6 is 11.8 Å². The molecule has 8 nitrogen and oxygen atoms in total. The smallest absolute Gasteiger partial charge is 0.338 e. The number of anilines is 1. The third kappa shape index (κ3) is 6.84. The number of carbonyl (C=O) groups excluding carboxylic acids is 2. The molecule has 1 N–H and O–H groups in total. The monoisotopic (exact) mass is 482 g/mol. The van der Waals surface area contributed by atoms with Crippen molar-refractivity contribution >= 4 is 29.3 Å². The fraction of sp³-hybridized carbons (Fsp3) is 0.360. The summed E-state index contributed by atoms with van der Waals surface area (Å²) in [5.74, 6) is 0.956. The molecule has 1 amide bonds. The first-order chi connectivity index (χ1) is 16.4. The van der Waals surface area contributed by atoms with Crippen LogP contribution in [-0.2, 0) is 23.0 Å². The summed E-state index contributed by atoms with van der Waals surface area (Å²) in [6.07, 6.45) is 1.42. The number of aromatic nitrogens is 3. The number of ether oxygens (including phenoxy) is 2. The largest absolute Gasteiger partial charge is 0.483 e. The zero-order valence-corrected chi connectivity index (χ0v) is 20.7. The lowest BCUT2D eigenvalue weighted by atomic mass is 10.2. The highest BCUT2D eigenvalue weighted by molar-refractivity contribution is 7.99. The van der Waals surface area contributed by atoms with E-state index in [1.165, 1.54) is 17.3 Å². The minimum atomic E-state index is -0.406. The average molecular weight is 483 g/mol. The lowest BCUT2D eigenvalue weighted by Gasteiger charge is -2.14. The number of benzene rings is 2. The Morgan fingerprint density at radius 3 is 2.59 bits per heavy atom. The van der Waals surface area contributed by atoms with Crippen molar-refractivity contribution < 1.29 is 19.1 Å². The van der Waals surface area contributed by atoms with E-state index in [0.29, 0.717) is 28.8 Å². The minimum Gasteiger partial charge on any atom is -0.483 e. The third-order valence-electron chi connectivity index (χ3n) is 5.03. The molecule has 9 heteroatoms. The molecular formula is C25H30N4O4S. The number of rotatable bonds is 11. The van der Waals surface area contributed by atoms with E-state index in [1.807, 2.05) is 49.7 Å². The summed E-state index contributed by atoms with van der Waals surface area (Å²) >= 11 is 1.28. The van der Waals surface area contributed by atoms with Gasteiger partial charge < -0.3 is 19.4 Å². The molecular weight excluding hydrogens is 452 g/mol. The van der Waals surface area contributed by atoms with Gasteiger partial charge in [-0.25, -0.2) is 4.79 Å². The Labute approximate surface area is 204 Å². The van der Waals surface area contributed by atoms with E-state index >= 15 is 0 Å². The number of thioether (sulfide) groups is 1. The standard InChI is InChI=1S/C25H30N4O4S/c1-5-14-32-24(31)19-8-7-9-20(15-19)26-22(30)16-34-25-28-27-23(29(25)4)17(3)33-21-12-10-18(6-2)11-13-21/h7-13,15,17H,5-6,14,16H2,1-4H3,(H,26,30)/t17-/m1/s1. The highest BCUT2D eigenvalue weighted by atomic mass is 32.2.